The van der Waals surface area contributed by atoms with E-state index in [1.54, 1.807) is 0 Å². The Labute approximate surface area is 224 Å². The number of aromatic amines is 2. The fourth-order valence-corrected chi connectivity index (χ4v) is 6.80. The van der Waals surface area contributed by atoms with Crippen LogP contribution < -0.4 is 0 Å². The lowest BCUT2D eigenvalue weighted by Crippen LogP contribution is -2.05. The van der Waals surface area contributed by atoms with Crippen molar-refractivity contribution in [2.75, 3.05) is 0 Å². The number of nitrogens with one attached hydrogen (secondary N) is 2. The SMILES string of the molecule is O=S(=O)(O)c1nc2c(S(=O)(=O)O)c(-c3ccccc3-c3ccc4[nH]c(S(=O)(=O)O)nc4c3S(=O)(=O)O)ccc2[nH]1. The van der Waals surface area contributed by atoms with Crippen LogP contribution in [-0.4, -0.2) is 71.8 Å². The van der Waals surface area contributed by atoms with Crippen LogP contribution in [0.3, 0.4) is 0 Å². The standard InChI is InChI=1S/C20H14N4O12S4/c25-37(26,27)17-11(5-7-13-15(17)23-19(21-13)39(31,32)33)9-3-1-2-4-10(9)12-6-8-14-16(18(12)38(28,29)30)24-20(22-14)40(34,35)36/h1-8H,(H,21,23)(H,22,24)(H,25,26,27)(H,28,29,30)(H,31,32,33)(H,34,35,36). The fraction of sp³-hybridized carbons (Fsp3) is 0. The molecule has 0 atom stereocenters. The highest BCUT2D eigenvalue weighted by Crippen LogP contribution is 2.42. The van der Waals surface area contributed by atoms with Crippen LogP contribution in [0.15, 0.2) is 68.6 Å². The summed E-state index contributed by atoms with van der Waals surface area (Å²) in [5, 5.41) is -2.02. The van der Waals surface area contributed by atoms with Gasteiger partial charge in [-0.25, -0.2) is 9.97 Å². The minimum absolute atomic E-state index is 0.0665. The molecule has 3 aromatic carbocycles. The molecule has 0 saturated heterocycles. The topological polar surface area (TPSA) is 275 Å². The second-order valence-corrected chi connectivity index (χ2v) is 13.6. The largest absolute Gasteiger partial charge is 0.328 e. The number of rotatable bonds is 6. The molecule has 0 unspecified atom stereocenters. The Kier molecular flexibility index (Phi) is 6.16. The van der Waals surface area contributed by atoms with E-state index in [0.717, 1.165) is 12.1 Å². The summed E-state index contributed by atoms with van der Waals surface area (Å²) in [6.07, 6.45) is 0. The number of hydrogen-bond donors (Lipinski definition) is 6. The van der Waals surface area contributed by atoms with Crippen LogP contribution in [0.2, 0.25) is 0 Å². The van der Waals surface area contributed by atoms with E-state index in [0.29, 0.717) is 0 Å². The fourth-order valence-electron chi connectivity index (χ4n) is 4.20. The zero-order valence-corrected chi connectivity index (χ0v) is 22.5. The number of fused-ring (bicyclic) bond motifs is 2. The third-order valence-corrected chi connectivity index (χ3v) is 8.91. The molecule has 5 rings (SSSR count). The number of hydrogen-bond acceptors (Lipinski definition) is 10. The average Bonchev–Trinajstić information content (AvgIpc) is 3.45. The minimum atomic E-state index is -5.16. The summed E-state index contributed by atoms with van der Waals surface area (Å²) in [7, 11) is -20.2. The van der Waals surface area contributed by atoms with Crippen molar-refractivity contribution in [3.8, 4) is 22.3 Å². The van der Waals surface area contributed by atoms with Gasteiger partial charge in [0.15, 0.2) is 0 Å². The third-order valence-electron chi connectivity index (χ3n) is 5.68. The molecule has 2 aromatic heterocycles. The quantitative estimate of drug-likeness (QED) is 0.146. The van der Waals surface area contributed by atoms with Crippen molar-refractivity contribution in [3.05, 3.63) is 48.5 Å². The Morgan fingerprint density at radius 3 is 1.12 bits per heavy atom. The van der Waals surface area contributed by atoms with Crippen molar-refractivity contribution >= 4 is 62.5 Å². The van der Waals surface area contributed by atoms with E-state index in [2.05, 4.69) is 19.9 Å². The van der Waals surface area contributed by atoms with Gasteiger partial charge >= 0.3 is 20.2 Å². The maximum atomic E-state index is 12.5. The molecule has 0 aliphatic carbocycles. The van der Waals surface area contributed by atoms with Crippen LogP contribution >= 0.6 is 0 Å². The number of aromatic nitrogens is 4. The predicted molar refractivity (Wildman–Crippen MR) is 136 cm³/mol. The average molecular weight is 631 g/mol. The zero-order chi connectivity index (χ0) is 29.4. The van der Waals surface area contributed by atoms with Crippen molar-refractivity contribution in [2.45, 2.75) is 20.1 Å². The lowest BCUT2D eigenvalue weighted by molar-refractivity contribution is 0.473. The van der Waals surface area contributed by atoms with Crippen LogP contribution in [0, 0.1) is 0 Å². The van der Waals surface area contributed by atoms with E-state index in [1.165, 1.54) is 36.4 Å². The summed E-state index contributed by atoms with van der Waals surface area (Å²) in [4.78, 5) is 9.84. The first-order valence-corrected chi connectivity index (χ1v) is 16.2. The van der Waals surface area contributed by atoms with Gasteiger partial charge in [-0.1, -0.05) is 36.4 Å². The first-order chi connectivity index (χ1) is 18.4. The third kappa shape index (κ3) is 4.75. The molecule has 210 valence electrons. The molecule has 0 radical (unpaired) electrons. The van der Waals surface area contributed by atoms with Gasteiger partial charge < -0.3 is 9.97 Å². The summed E-state index contributed by atoms with van der Waals surface area (Å²) in [6.45, 7) is 0. The highest BCUT2D eigenvalue weighted by atomic mass is 32.2. The summed E-state index contributed by atoms with van der Waals surface area (Å²) in [5.41, 5.74) is -2.25. The smallest absolute Gasteiger partial charge is 0.327 e. The van der Waals surface area contributed by atoms with Gasteiger partial charge in [0.25, 0.3) is 30.5 Å². The molecule has 0 spiro atoms. The molecule has 40 heavy (non-hydrogen) atoms. The van der Waals surface area contributed by atoms with Gasteiger partial charge in [-0.05, 0) is 23.3 Å². The Morgan fingerprint density at radius 2 is 0.825 bits per heavy atom. The first-order valence-electron chi connectivity index (χ1n) is 10.4. The van der Waals surface area contributed by atoms with Crippen LogP contribution in [0.5, 0.6) is 0 Å². The molecule has 0 saturated carbocycles. The Bertz CT molecular complexity index is 2160. The number of benzene rings is 3. The maximum absolute atomic E-state index is 12.5. The van der Waals surface area contributed by atoms with Crippen LogP contribution in [-0.2, 0) is 40.5 Å². The van der Waals surface area contributed by atoms with E-state index in [1.807, 2.05) is 0 Å². The molecule has 0 aliphatic heterocycles. The van der Waals surface area contributed by atoms with Crippen LogP contribution in [0.1, 0.15) is 0 Å². The number of H-pyrrole nitrogens is 2. The molecule has 6 N–H and O–H groups in total. The lowest BCUT2D eigenvalue weighted by Gasteiger charge is -2.15. The van der Waals surface area contributed by atoms with Gasteiger partial charge in [-0.3, -0.25) is 18.2 Å². The summed E-state index contributed by atoms with van der Waals surface area (Å²) in [6, 6.07) is 10.1. The molecular formula is C20H14N4O12S4. The van der Waals surface area contributed by atoms with E-state index >= 15 is 0 Å². The monoisotopic (exact) mass is 630 g/mol. The van der Waals surface area contributed by atoms with Crippen molar-refractivity contribution < 1.29 is 51.9 Å². The van der Waals surface area contributed by atoms with Crippen molar-refractivity contribution in [3.63, 3.8) is 0 Å². The summed E-state index contributed by atoms with van der Waals surface area (Å²) in [5.74, 6) is 0. The summed E-state index contributed by atoms with van der Waals surface area (Å²) >= 11 is 0. The summed E-state index contributed by atoms with van der Waals surface area (Å²) < 4.78 is 135. The highest BCUT2D eigenvalue weighted by Gasteiger charge is 2.30. The van der Waals surface area contributed by atoms with Gasteiger partial charge in [0.1, 0.15) is 20.8 Å². The van der Waals surface area contributed by atoms with Crippen molar-refractivity contribution in [1.82, 2.24) is 19.9 Å². The number of nitrogens with zero attached hydrogens (tertiary/aromatic N) is 2. The molecule has 0 bridgehead atoms. The minimum Gasteiger partial charge on any atom is -0.327 e. The maximum Gasteiger partial charge on any atom is 0.328 e. The molecule has 5 aromatic rings. The first kappa shape index (κ1) is 27.8. The Balaban J connectivity index is 1.89. The van der Waals surface area contributed by atoms with E-state index in [-0.39, 0.29) is 33.3 Å². The predicted octanol–water partition coefficient (Wildman–Crippen LogP) is 1.76. The molecule has 2 heterocycles. The van der Waals surface area contributed by atoms with Gasteiger partial charge in [0, 0.05) is 11.1 Å². The van der Waals surface area contributed by atoms with Crippen molar-refractivity contribution in [1.29, 1.82) is 0 Å². The zero-order valence-electron chi connectivity index (χ0n) is 19.2. The normalized spacial score (nSPS) is 13.3. The second-order valence-electron chi connectivity index (χ2n) is 8.21. The van der Waals surface area contributed by atoms with Gasteiger partial charge in [0.05, 0.1) is 11.0 Å². The highest BCUT2D eigenvalue weighted by molar-refractivity contribution is 7.87. The molecule has 20 heteroatoms. The van der Waals surface area contributed by atoms with E-state index in [4.69, 9.17) is 0 Å². The molecule has 16 nitrogen and oxygen atoms in total. The number of imidazole rings is 2. The lowest BCUT2D eigenvalue weighted by atomic mass is 9.94. The molecule has 0 amide bonds. The van der Waals surface area contributed by atoms with Crippen molar-refractivity contribution in [2.24, 2.45) is 0 Å². The second kappa shape index (κ2) is 8.87. The molecule has 0 fully saturated rings. The Hall–Kier alpha value is -3.76. The Morgan fingerprint density at radius 1 is 0.475 bits per heavy atom. The van der Waals surface area contributed by atoms with E-state index in [9.17, 15) is 51.9 Å². The van der Waals surface area contributed by atoms with Gasteiger partial charge in [0.2, 0.25) is 0 Å². The van der Waals surface area contributed by atoms with Crippen LogP contribution in [0.25, 0.3) is 44.3 Å². The van der Waals surface area contributed by atoms with Gasteiger partial charge in [-0.2, -0.15) is 33.7 Å². The van der Waals surface area contributed by atoms with Crippen LogP contribution in [0.4, 0.5) is 0 Å². The molecule has 0 aliphatic rings. The molecular weight excluding hydrogens is 617 g/mol. The van der Waals surface area contributed by atoms with Gasteiger partial charge in [-0.15, -0.1) is 0 Å². The van der Waals surface area contributed by atoms with E-state index < -0.39 is 71.6 Å².